The van der Waals surface area contributed by atoms with Gasteiger partial charge in [-0.15, -0.1) is 11.6 Å². The number of benzene rings is 1. The molecule has 0 aromatic heterocycles. The topological polar surface area (TPSA) is 37.1 Å². The monoisotopic (exact) mass is 231 g/mol. The van der Waals surface area contributed by atoms with Crippen molar-refractivity contribution in [3.63, 3.8) is 0 Å². The van der Waals surface area contributed by atoms with E-state index >= 15 is 0 Å². The Morgan fingerprint density at radius 1 is 1.36 bits per heavy atom. The summed E-state index contributed by atoms with van der Waals surface area (Å²) in [6.07, 6.45) is 0. The second-order valence-electron chi connectivity index (χ2n) is 3.20. The average Bonchev–Trinajstić information content (AvgIpc) is 2.98. The molecule has 0 N–H and O–H groups in total. The van der Waals surface area contributed by atoms with E-state index < -0.39 is 10.0 Å². The zero-order valence-corrected chi connectivity index (χ0v) is 9.00. The first-order chi connectivity index (χ1) is 6.66. The average molecular weight is 232 g/mol. The van der Waals surface area contributed by atoms with Crippen LogP contribution in [0.15, 0.2) is 35.2 Å². The van der Waals surface area contributed by atoms with Crippen LogP contribution in [-0.2, 0) is 10.0 Å². The largest absolute Gasteiger partial charge is 0.243 e. The van der Waals surface area contributed by atoms with Crippen LogP contribution in [-0.4, -0.2) is 31.2 Å². The van der Waals surface area contributed by atoms with Gasteiger partial charge in [-0.25, -0.2) is 8.42 Å². The van der Waals surface area contributed by atoms with E-state index in [0.29, 0.717) is 17.3 Å². The van der Waals surface area contributed by atoms with Crippen LogP contribution in [0.4, 0.5) is 0 Å². The summed E-state index contributed by atoms with van der Waals surface area (Å²) in [6.45, 7) is 0.542. The van der Waals surface area contributed by atoms with Crippen molar-refractivity contribution in [3.8, 4) is 0 Å². The van der Waals surface area contributed by atoms with Crippen LogP contribution in [0.2, 0.25) is 0 Å². The molecular formula is C9H10ClNO2S. The van der Waals surface area contributed by atoms with Gasteiger partial charge in [-0.2, -0.15) is 4.31 Å². The predicted molar refractivity (Wildman–Crippen MR) is 54.8 cm³/mol. The molecule has 2 atom stereocenters. The van der Waals surface area contributed by atoms with Gasteiger partial charge in [-0.1, -0.05) is 18.2 Å². The molecule has 5 heteroatoms. The molecule has 76 valence electrons. The number of rotatable bonds is 3. The Hall–Kier alpha value is -0.580. The van der Waals surface area contributed by atoms with Crippen molar-refractivity contribution >= 4 is 21.6 Å². The summed E-state index contributed by atoms with van der Waals surface area (Å²) in [6, 6.07) is 8.40. The summed E-state index contributed by atoms with van der Waals surface area (Å²) in [4.78, 5) is 0.340. The fourth-order valence-corrected chi connectivity index (χ4v) is 3.26. The highest BCUT2D eigenvalue weighted by Gasteiger charge is 2.43. The first kappa shape index (κ1) is 9.96. The molecule has 1 aliphatic rings. The standard InChI is InChI=1S/C9H10ClNO2S/c10-6-8-7-11(8)14(12,13)9-4-2-1-3-5-9/h1-5,8H,6-7H2. The number of hydrogen-bond donors (Lipinski definition) is 0. The first-order valence-electron chi connectivity index (χ1n) is 4.29. The minimum Gasteiger partial charge on any atom is -0.207 e. The summed E-state index contributed by atoms with van der Waals surface area (Å²) < 4.78 is 25.1. The van der Waals surface area contributed by atoms with Gasteiger partial charge < -0.3 is 0 Å². The minimum atomic E-state index is -3.28. The number of nitrogens with zero attached hydrogens (tertiary/aromatic N) is 1. The van der Waals surface area contributed by atoms with Gasteiger partial charge in [-0.3, -0.25) is 0 Å². The van der Waals surface area contributed by atoms with Crippen LogP contribution >= 0.6 is 11.6 Å². The van der Waals surface area contributed by atoms with E-state index in [4.69, 9.17) is 11.6 Å². The fourth-order valence-electron chi connectivity index (χ4n) is 1.31. The lowest BCUT2D eigenvalue weighted by atomic mass is 10.4. The highest BCUT2D eigenvalue weighted by atomic mass is 35.5. The zero-order valence-electron chi connectivity index (χ0n) is 7.43. The molecule has 0 bridgehead atoms. The Morgan fingerprint density at radius 3 is 2.50 bits per heavy atom. The molecule has 3 nitrogen and oxygen atoms in total. The highest BCUT2D eigenvalue weighted by molar-refractivity contribution is 7.89. The molecule has 0 spiro atoms. The van der Waals surface area contributed by atoms with Crippen molar-refractivity contribution in [2.45, 2.75) is 10.9 Å². The third-order valence-electron chi connectivity index (χ3n) is 2.19. The maximum absolute atomic E-state index is 11.8. The van der Waals surface area contributed by atoms with Crippen LogP contribution in [0.1, 0.15) is 0 Å². The van der Waals surface area contributed by atoms with Gasteiger partial charge in [0.1, 0.15) is 0 Å². The second kappa shape index (κ2) is 3.53. The van der Waals surface area contributed by atoms with E-state index in [9.17, 15) is 8.42 Å². The fraction of sp³-hybridized carbons (Fsp3) is 0.333. The summed E-state index contributed by atoms with van der Waals surface area (Å²) in [5.74, 6) is 0.367. The Bertz CT molecular complexity index is 418. The lowest BCUT2D eigenvalue weighted by molar-refractivity contribution is 0.556. The second-order valence-corrected chi connectivity index (χ2v) is 5.40. The van der Waals surface area contributed by atoms with Crippen molar-refractivity contribution in [2.24, 2.45) is 0 Å². The predicted octanol–water partition coefficient (Wildman–Crippen LogP) is 1.30. The molecule has 0 amide bonds. The van der Waals surface area contributed by atoms with Crippen LogP contribution in [0.25, 0.3) is 0 Å². The van der Waals surface area contributed by atoms with Crippen LogP contribution in [0.3, 0.4) is 0 Å². The summed E-state index contributed by atoms with van der Waals surface area (Å²) >= 11 is 5.58. The van der Waals surface area contributed by atoms with E-state index in [-0.39, 0.29) is 6.04 Å². The number of sulfonamides is 1. The van der Waals surface area contributed by atoms with Crippen molar-refractivity contribution < 1.29 is 8.42 Å². The van der Waals surface area contributed by atoms with Gasteiger partial charge in [0.25, 0.3) is 0 Å². The molecule has 1 aromatic rings. The lowest BCUT2D eigenvalue weighted by Crippen LogP contribution is -2.15. The lowest BCUT2D eigenvalue weighted by Gasteiger charge is -2.04. The van der Waals surface area contributed by atoms with Crippen molar-refractivity contribution in [3.05, 3.63) is 30.3 Å². The third-order valence-corrected chi connectivity index (χ3v) is 4.48. The molecule has 2 unspecified atom stereocenters. The van der Waals surface area contributed by atoms with E-state index in [1.54, 1.807) is 30.3 Å². The summed E-state index contributed by atoms with van der Waals surface area (Å²) in [7, 11) is -3.28. The Balaban J connectivity index is 2.27. The molecule has 2 rings (SSSR count). The van der Waals surface area contributed by atoms with Crippen molar-refractivity contribution in [1.29, 1.82) is 0 Å². The van der Waals surface area contributed by atoms with Crippen LogP contribution in [0, 0.1) is 0 Å². The molecule has 1 aliphatic heterocycles. The number of alkyl halides is 1. The van der Waals surface area contributed by atoms with Gasteiger partial charge in [0, 0.05) is 12.4 Å². The number of hydrogen-bond acceptors (Lipinski definition) is 2. The maximum Gasteiger partial charge on any atom is 0.243 e. The van der Waals surface area contributed by atoms with Gasteiger partial charge in [0.2, 0.25) is 10.0 Å². The first-order valence-corrected chi connectivity index (χ1v) is 6.26. The molecule has 1 heterocycles. The van der Waals surface area contributed by atoms with E-state index in [1.807, 2.05) is 0 Å². The zero-order chi connectivity index (χ0) is 10.2. The van der Waals surface area contributed by atoms with Crippen LogP contribution < -0.4 is 0 Å². The van der Waals surface area contributed by atoms with E-state index in [1.165, 1.54) is 4.31 Å². The van der Waals surface area contributed by atoms with Gasteiger partial charge in [0.15, 0.2) is 0 Å². The molecule has 0 aliphatic carbocycles. The molecule has 0 saturated carbocycles. The highest BCUT2D eigenvalue weighted by Crippen LogP contribution is 2.28. The normalized spacial score (nSPS) is 26.1. The molecule has 14 heavy (non-hydrogen) atoms. The molecular weight excluding hydrogens is 222 g/mol. The van der Waals surface area contributed by atoms with Crippen molar-refractivity contribution in [2.75, 3.05) is 12.4 Å². The van der Waals surface area contributed by atoms with Crippen molar-refractivity contribution in [1.82, 2.24) is 4.31 Å². The summed E-state index contributed by atoms with van der Waals surface area (Å²) in [5.41, 5.74) is 0. The minimum absolute atomic E-state index is 0.0122. The molecule has 0 radical (unpaired) electrons. The smallest absolute Gasteiger partial charge is 0.207 e. The SMILES string of the molecule is O=S(=O)(c1ccccc1)N1CC1CCl. The van der Waals surface area contributed by atoms with Gasteiger partial charge in [0.05, 0.1) is 10.9 Å². The number of halogens is 1. The summed E-state index contributed by atoms with van der Waals surface area (Å²) in [5, 5.41) is 0. The van der Waals surface area contributed by atoms with E-state index in [0.717, 1.165) is 0 Å². The molecule has 1 saturated heterocycles. The maximum atomic E-state index is 11.8. The quantitative estimate of drug-likeness (QED) is 0.581. The molecule has 1 aromatic carbocycles. The van der Waals surface area contributed by atoms with Gasteiger partial charge >= 0.3 is 0 Å². The van der Waals surface area contributed by atoms with Gasteiger partial charge in [-0.05, 0) is 12.1 Å². The van der Waals surface area contributed by atoms with E-state index in [2.05, 4.69) is 0 Å². The Labute approximate surface area is 88.3 Å². The van der Waals surface area contributed by atoms with Crippen LogP contribution in [0.5, 0.6) is 0 Å². The Morgan fingerprint density at radius 2 is 2.00 bits per heavy atom. The third kappa shape index (κ3) is 1.65. The Kier molecular flexibility index (Phi) is 2.51. The molecule has 1 fully saturated rings.